The van der Waals surface area contributed by atoms with E-state index in [-0.39, 0.29) is 12.3 Å². The van der Waals surface area contributed by atoms with Crippen LogP contribution in [0.3, 0.4) is 0 Å². The fourth-order valence-electron chi connectivity index (χ4n) is 3.97. The lowest BCUT2D eigenvalue weighted by molar-refractivity contribution is -0.212. The first-order valence-corrected chi connectivity index (χ1v) is 14.9. The molecule has 5 amide bonds. The van der Waals surface area contributed by atoms with Crippen LogP contribution in [0.1, 0.15) is 74.4 Å². The minimum Gasteiger partial charge on any atom is -0.382 e. The molecule has 0 saturated heterocycles. The predicted molar refractivity (Wildman–Crippen MR) is 166 cm³/mol. The molecule has 0 heterocycles. The summed E-state index contributed by atoms with van der Waals surface area (Å²) in [4.78, 5) is 61.4. The van der Waals surface area contributed by atoms with E-state index in [2.05, 4.69) is 29.8 Å². The van der Waals surface area contributed by atoms with Crippen LogP contribution in [0.25, 0.3) is 0 Å². The number of aliphatic hydroxyl groups is 1. The molecule has 0 bridgehead atoms. The van der Waals surface area contributed by atoms with Crippen LogP contribution in [-0.4, -0.2) is 72.1 Å². The van der Waals surface area contributed by atoms with Crippen LogP contribution in [0.4, 0.5) is 13.2 Å². The second kappa shape index (κ2) is 19.8. The number of carbonyl (C=O) groups excluding carboxylic acids is 5. The summed E-state index contributed by atoms with van der Waals surface area (Å²) in [5.74, 6) is -3.76. The number of aliphatic hydroxyl groups excluding tert-OH is 1. The lowest BCUT2D eigenvalue weighted by atomic mass is 10.0. The fraction of sp³-hybridized carbons (Fsp3) is 0.469. The van der Waals surface area contributed by atoms with Gasteiger partial charge < -0.3 is 32.1 Å². The molecule has 0 spiro atoms. The van der Waals surface area contributed by atoms with Gasteiger partial charge in [0.05, 0.1) is 19.1 Å². The molecule has 2 aromatic rings. The number of amides is 5. The molecule has 2 unspecified atom stereocenters. The number of primary amides is 1. The number of carbonyl (C=O) groups is 5. The van der Waals surface area contributed by atoms with Crippen molar-refractivity contribution in [1.29, 1.82) is 0 Å². The number of benzene rings is 2. The van der Waals surface area contributed by atoms with Gasteiger partial charge in [0.1, 0.15) is 6.04 Å². The van der Waals surface area contributed by atoms with Gasteiger partial charge in [0, 0.05) is 18.4 Å². The van der Waals surface area contributed by atoms with Gasteiger partial charge in [-0.1, -0.05) is 76.6 Å². The predicted octanol–water partition coefficient (Wildman–Crippen LogP) is 2.47. The van der Waals surface area contributed by atoms with Crippen LogP contribution in [0.5, 0.6) is 0 Å². The maximum atomic E-state index is 13.0. The molecule has 14 heteroatoms. The van der Waals surface area contributed by atoms with Crippen molar-refractivity contribution in [2.75, 3.05) is 13.1 Å². The molecule has 46 heavy (non-hydrogen) atoms. The number of nitrogens with two attached hydrogens (primary N) is 1. The molecular formula is C32H44F3N5O6. The Morgan fingerprint density at radius 3 is 1.91 bits per heavy atom. The Labute approximate surface area is 266 Å². The molecule has 0 aliphatic carbocycles. The minimum atomic E-state index is -5.09. The molecule has 254 valence electrons. The average molecular weight is 652 g/mol. The highest BCUT2D eigenvalue weighted by Gasteiger charge is 2.44. The van der Waals surface area contributed by atoms with Crippen LogP contribution in [0.15, 0.2) is 54.6 Å². The van der Waals surface area contributed by atoms with Gasteiger partial charge in [0.25, 0.3) is 5.91 Å². The Balaban J connectivity index is 0.00000338. The Bertz CT molecular complexity index is 1270. The molecule has 2 rings (SSSR count). The zero-order valence-electron chi connectivity index (χ0n) is 26.4. The molecule has 0 fully saturated rings. The van der Waals surface area contributed by atoms with E-state index in [1.54, 1.807) is 54.6 Å². The fourth-order valence-corrected chi connectivity index (χ4v) is 3.97. The lowest BCUT2D eigenvalue weighted by Gasteiger charge is -2.26. The van der Waals surface area contributed by atoms with Gasteiger partial charge in [0.15, 0.2) is 6.10 Å². The molecule has 0 radical (unpaired) electrons. The van der Waals surface area contributed by atoms with Gasteiger partial charge in [-0.2, -0.15) is 13.2 Å². The second-order valence-electron chi connectivity index (χ2n) is 10.9. The van der Waals surface area contributed by atoms with Crippen molar-refractivity contribution in [3.8, 4) is 0 Å². The summed E-state index contributed by atoms with van der Waals surface area (Å²) in [5, 5.41) is 18.8. The van der Waals surface area contributed by atoms with E-state index in [0.717, 1.165) is 5.56 Å². The van der Waals surface area contributed by atoms with E-state index in [0.29, 0.717) is 11.1 Å². The highest BCUT2D eigenvalue weighted by Crippen LogP contribution is 2.24. The average Bonchev–Trinajstić information content (AvgIpc) is 3.00. The topological polar surface area (TPSA) is 180 Å². The summed E-state index contributed by atoms with van der Waals surface area (Å²) in [7, 11) is 0. The molecule has 2 aromatic carbocycles. The zero-order chi connectivity index (χ0) is 34.9. The van der Waals surface area contributed by atoms with Crippen LogP contribution >= 0.6 is 0 Å². The van der Waals surface area contributed by atoms with Gasteiger partial charge in [-0.15, -0.1) is 0 Å². The molecule has 11 nitrogen and oxygen atoms in total. The van der Waals surface area contributed by atoms with Crippen LogP contribution in [0, 0.1) is 0 Å². The Hall–Kier alpha value is -4.46. The lowest BCUT2D eigenvalue weighted by Crippen LogP contribution is -2.54. The summed E-state index contributed by atoms with van der Waals surface area (Å²) in [6.45, 7) is 7.02. The number of alkyl halides is 3. The van der Waals surface area contributed by atoms with E-state index in [4.69, 9.17) is 5.73 Å². The first-order valence-electron chi connectivity index (χ1n) is 14.9. The van der Waals surface area contributed by atoms with Gasteiger partial charge in [0.2, 0.25) is 23.6 Å². The normalized spacial score (nSPS) is 12.9. The van der Waals surface area contributed by atoms with Crippen molar-refractivity contribution >= 4 is 29.5 Å². The van der Waals surface area contributed by atoms with Crippen LogP contribution in [-0.2, 0) is 25.6 Å². The molecule has 0 aromatic heterocycles. The van der Waals surface area contributed by atoms with Gasteiger partial charge >= 0.3 is 6.18 Å². The molecule has 7 N–H and O–H groups in total. The summed E-state index contributed by atoms with van der Waals surface area (Å²) < 4.78 is 39.1. The summed E-state index contributed by atoms with van der Waals surface area (Å²) >= 11 is 0. The maximum absolute atomic E-state index is 13.0. The summed E-state index contributed by atoms with van der Waals surface area (Å²) in [6, 6.07) is 12.3. The number of halogens is 3. The van der Waals surface area contributed by atoms with Crippen molar-refractivity contribution in [2.24, 2.45) is 5.73 Å². The van der Waals surface area contributed by atoms with E-state index in [1.165, 1.54) is 6.42 Å². The smallest absolute Gasteiger partial charge is 0.382 e. The quantitative estimate of drug-likeness (QED) is 0.172. The van der Waals surface area contributed by atoms with Crippen molar-refractivity contribution in [1.82, 2.24) is 21.3 Å². The third kappa shape index (κ3) is 15.0. The summed E-state index contributed by atoms with van der Waals surface area (Å²) in [5.41, 5.74) is 7.00. The van der Waals surface area contributed by atoms with Crippen LogP contribution in [0.2, 0.25) is 0 Å². The third-order valence-electron chi connectivity index (χ3n) is 6.37. The maximum Gasteiger partial charge on any atom is 0.416 e. The minimum absolute atomic E-state index is 0.00132. The third-order valence-corrected chi connectivity index (χ3v) is 6.37. The number of hydrogen-bond acceptors (Lipinski definition) is 6. The Kier molecular flexibility index (Phi) is 17.1. The molecule has 0 aliphatic rings. The number of nitrogens with one attached hydrogen (secondary N) is 4. The van der Waals surface area contributed by atoms with Crippen molar-refractivity contribution < 1.29 is 42.3 Å². The standard InChI is InChI=1S/C29H36F3N5O6.C3H8/c1-17(2)19-8-10-20(11-9-19)27(42)34-15-25(40)37-22(14-18-6-4-3-5-7-18)28(43)35-16-24(39)36-21(12-13-23(33)38)26(41)29(30,31)32;1-3-2/h3-11,17,21-22,26,41H,12-16H2,1-2H3,(H2,33,38)(H,34,42)(H,35,43)(H,36,39)(H,37,40);3H2,1-2H3/t21?,22-,26?;/m0./s1. The monoisotopic (exact) mass is 651 g/mol. The van der Waals surface area contributed by atoms with Gasteiger partial charge in [-0.3, -0.25) is 24.0 Å². The highest BCUT2D eigenvalue weighted by atomic mass is 19.4. The first-order chi connectivity index (χ1) is 21.6. The molecule has 3 atom stereocenters. The Morgan fingerprint density at radius 2 is 1.39 bits per heavy atom. The molecule has 0 aliphatic heterocycles. The second-order valence-corrected chi connectivity index (χ2v) is 10.9. The largest absolute Gasteiger partial charge is 0.416 e. The van der Waals surface area contributed by atoms with E-state index < -0.39 is 79.8 Å². The highest BCUT2D eigenvalue weighted by molar-refractivity contribution is 5.97. The van der Waals surface area contributed by atoms with Gasteiger partial charge in [-0.25, -0.2) is 0 Å². The number of rotatable bonds is 15. The van der Waals surface area contributed by atoms with Crippen molar-refractivity contribution in [3.63, 3.8) is 0 Å². The Morgan fingerprint density at radius 1 is 0.848 bits per heavy atom. The van der Waals surface area contributed by atoms with E-state index in [1.807, 2.05) is 19.2 Å². The van der Waals surface area contributed by atoms with Crippen molar-refractivity contribution in [2.45, 2.75) is 83.7 Å². The van der Waals surface area contributed by atoms with Crippen LogP contribution < -0.4 is 27.0 Å². The SMILES string of the molecule is CC(C)c1ccc(C(=O)NCC(=O)N[C@@H](Cc2ccccc2)C(=O)NCC(=O)NC(CCC(N)=O)C(O)C(F)(F)F)cc1.CCC. The zero-order valence-corrected chi connectivity index (χ0v) is 26.4. The van der Waals surface area contributed by atoms with E-state index >= 15 is 0 Å². The van der Waals surface area contributed by atoms with Gasteiger partial charge in [-0.05, 0) is 35.6 Å². The molecular weight excluding hydrogens is 607 g/mol. The summed E-state index contributed by atoms with van der Waals surface area (Å²) in [6.07, 6.45) is -7.93. The number of hydrogen-bond donors (Lipinski definition) is 6. The first kappa shape index (κ1) is 39.6. The van der Waals surface area contributed by atoms with Crippen molar-refractivity contribution in [3.05, 3.63) is 71.3 Å². The van der Waals surface area contributed by atoms with E-state index in [9.17, 15) is 42.3 Å². The molecule has 0 saturated carbocycles.